The van der Waals surface area contributed by atoms with E-state index in [1.54, 1.807) is 18.0 Å². The van der Waals surface area contributed by atoms with Gasteiger partial charge in [-0.3, -0.25) is 0 Å². The Morgan fingerprint density at radius 2 is 2.42 bits per heavy atom. The average molecular weight is 186 g/mol. The van der Waals surface area contributed by atoms with Crippen molar-refractivity contribution in [3.63, 3.8) is 0 Å². The molecule has 0 saturated heterocycles. The Kier molecular flexibility index (Phi) is 2.09. The predicted octanol–water partition coefficient (Wildman–Crippen LogP) is 1.55. The van der Waals surface area contributed by atoms with Crippen LogP contribution in [0.25, 0.3) is 0 Å². The predicted molar refractivity (Wildman–Crippen MR) is 50.1 cm³/mol. The molecule has 2 rings (SSSR count). The summed E-state index contributed by atoms with van der Waals surface area (Å²) in [5.74, 6) is 0. The summed E-state index contributed by atoms with van der Waals surface area (Å²) in [5, 5.41) is 9.97. The molecular weight excluding hydrogens is 172 g/mol. The number of aliphatic hydroxyl groups is 1. The van der Waals surface area contributed by atoms with Gasteiger partial charge in [-0.1, -0.05) is 0 Å². The highest BCUT2D eigenvalue weighted by Crippen LogP contribution is 2.52. The Bertz CT molecular complexity index is 209. The minimum absolute atomic E-state index is 0.138. The van der Waals surface area contributed by atoms with Crippen LogP contribution in [0.5, 0.6) is 0 Å². The van der Waals surface area contributed by atoms with Gasteiger partial charge in [-0.05, 0) is 24.7 Å². The smallest absolute Gasteiger partial charge is 0.0930 e. The first-order chi connectivity index (χ1) is 5.78. The van der Waals surface area contributed by atoms with Gasteiger partial charge in [-0.2, -0.15) is 11.8 Å². The van der Waals surface area contributed by atoms with Gasteiger partial charge in [0.1, 0.15) is 0 Å². The monoisotopic (exact) mass is 186 g/mol. The largest absolute Gasteiger partial charge is 0.501 e. The highest BCUT2D eigenvalue weighted by Gasteiger charge is 2.49. The van der Waals surface area contributed by atoms with E-state index < -0.39 is 0 Å². The number of hydrogen-bond acceptors (Lipinski definition) is 3. The molecule has 0 bridgehead atoms. The first-order valence-corrected chi connectivity index (χ1v) is 5.55. The van der Waals surface area contributed by atoms with Crippen LogP contribution in [0.3, 0.4) is 0 Å². The molecule has 0 spiro atoms. The normalized spacial score (nSPS) is 27.7. The van der Waals surface area contributed by atoms with E-state index in [0.717, 1.165) is 31.4 Å². The summed E-state index contributed by atoms with van der Waals surface area (Å²) in [6, 6.07) is 0. The number of thioether (sulfide) groups is 1. The lowest BCUT2D eigenvalue weighted by molar-refractivity contribution is 0.198. The van der Waals surface area contributed by atoms with Crippen LogP contribution < -0.4 is 0 Å². The van der Waals surface area contributed by atoms with E-state index in [2.05, 4.69) is 6.26 Å². The van der Waals surface area contributed by atoms with Crippen LogP contribution in [0.2, 0.25) is 0 Å². The summed E-state index contributed by atoms with van der Waals surface area (Å²) in [6.45, 7) is 0.747. The lowest BCUT2D eigenvalue weighted by Gasteiger charge is -2.19. The molecule has 0 radical (unpaired) electrons. The molecule has 1 saturated carbocycles. The molecular formula is C9H14O2S. The summed E-state index contributed by atoms with van der Waals surface area (Å²) < 4.78 is 5.25. The highest BCUT2D eigenvalue weighted by atomic mass is 32.2. The second-order valence-corrected chi connectivity index (χ2v) is 4.71. The van der Waals surface area contributed by atoms with Crippen molar-refractivity contribution in [3.8, 4) is 0 Å². The highest BCUT2D eigenvalue weighted by molar-refractivity contribution is 8.00. The Morgan fingerprint density at radius 1 is 1.67 bits per heavy atom. The fourth-order valence-corrected chi connectivity index (χ4v) is 2.54. The van der Waals surface area contributed by atoms with Crippen molar-refractivity contribution in [3.05, 3.63) is 11.8 Å². The lowest BCUT2D eigenvalue weighted by Crippen LogP contribution is -2.26. The van der Waals surface area contributed by atoms with E-state index in [0.29, 0.717) is 0 Å². The molecule has 1 heterocycles. The van der Waals surface area contributed by atoms with Gasteiger partial charge in [-0.15, -0.1) is 0 Å². The van der Waals surface area contributed by atoms with E-state index >= 15 is 0 Å². The first-order valence-electron chi connectivity index (χ1n) is 4.32. The van der Waals surface area contributed by atoms with E-state index in [1.807, 2.05) is 0 Å². The Hall–Kier alpha value is -0.150. The fraction of sp³-hybridized carbons (Fsp3) is 0.778. The quantitative estimate of drug-likeness (QED) is 0.725. The maximum atomic E-state index is 9.97. The van der Waals surface area contributed by atoms with Crippen LogP contribution in [0.15, 0.2) is 11.8 Å². The first kappa shape index (κ1) is 8.45. The molecule has 12 heavy (non-hydrogen) atoms. The van der Waals surface area contributed by atoms with Crippen molar-refractivity contribution in [1.29, 1.82) is 0 Å². The van der Waals surface area contributed by atoms with E-state index in [4.69, 9.17) is 4.74 Å². The number of ether oxygens (including phenoxy) is 1. The van der Waals surface area contributed by atoms with Crippen molar-refractivity contribution in [2.24, 2.45) is 0 Å². The molecule has 1 aliphatic heterocycles. The van der Waals surface area contributed by atoms with Crippen molar-refractivity contribution < 1.29 is 9.84 Å². The maximum Gasteiger partial charge on any atom is 0.0930 e. The minimum Gasteiger partial charge on any atom is -0.501 e. The maximum absolute atomic E-state index is 9.97. The van der Waals surface area contributed by atoms with Gasteiger partial charge in [0, 0.05) is 11.2 Å². The zero-order valence-corrected chi connectivity index (χ0v) is 8.06. The Labute approximate surface area is 77.0 Å². The molecule has 0 aromatic rings. The van der Waals surface area contributed by atoms with Gasteiger partial charge in [0.2, 0.25) is 0 Å². The lowest BCUT2D eigenvalue weighted by atomic mass is 10.1. The second-order valence-electron chi connectivity index (χ2n) is 3.48. The summed E-state index contributed by atoms with van der Waals surface area (Å²) in [6.07, 6.45) is 6.74. The van der Waals surface area contributed by atoms with Crippen LogP contribution in [0, 0.1) is 0 Å². The van der Waals surface area contributed by atoms with Gasteiger partial charge in [0.25, 0.3) is 0 Å². The Balaban J connectivity index is 2.03. The molecule has 2 nitrogen and oxygen atoms in total. The van der Waals surface area contributed by atoms with Gasteiger partial charge in [-0.25, -0.2) is 0 Å². The molecule has 68 valence electrons. The van der Waals surface area contributed by atoms with Crippen LogP contribution in [0.4, 0.5) is 0 Å². The molecule has 1 atom stereocenters. The van der Waals surface area contributed by atoms with Crippen molar-refractivity contribution >= 4 is 11.8 Å². The summed E-state index contributed by atoms with van der Waals surface area (Å²) >= 11 is 1.79. The van der Waals surface area contributed by atoms with Crippen molar-refractivity contribution in [1.82, 2.24) is 0 Å². The third-order valence-electron chi connectivity index (χ3n) is 2.74. The minimum atomic E-state index is -0.269. The van der Waals surface area contributed by atoms with Crippen molar-refractivity contribution in [2.45, 2.75) is 30.1 Å². The molecule has 3 heteroatoms. The molecule has 1 N–H and O–H groups in total. The number of hydrogen-bond donors (Lipinski definition) is 1. The van der Waals surface area contributed by atoms with E-state index in [9.17, 15) is 5.11 Å². The Morgan fingerprint density at radius 3 is 2.83 bits per heavy atom. The van der Waals surface area contributed by atoms with Crippen LogP contribution in [-0.2, 0) is 4.74 Å². The fourth-order valence-electron chi connectivity index (χ4n) is 1.65. The molecule has 1 unspecified atom stereocenters. The van der Waals surface area contributed by atoms with E-state index in [1.165, 1.54) is 0 Å². The summed E-state index contributed by atoms with van der Waals surface area (Å²) in [5.41, 5.74) is 1.09. The standard InChI is InChI=1S/C9H14O2S/c1-12-9(3-4-9)8(10)7-2-5-11-6-7/h6,8,10H,2-5H2,1H3. The summed E-state index contributed by atoms with van der Waals surface area (Å²) in [7, 11) is 0. The second kappa shape index (κ2) is 2.96. The summed E-state index contributed by atoms with van der Waals surface area (Å²) in [4.78, 5) is 0. The SMILES string of the molecule is CSC1(C(O)C2=COCC2)CC1. The van der Waals surface area contributed by atoms with Gasteiger partial charge in [0.05, 0.1) is 19.0 Å². The van der Waals surface area contributed by atoms with Crippen LogP contribution >= 0.6 is 11.8 Å². The van der Waals surface area contributed by atoms with E-state index in [-0.39, 0.29) is 10.9 Å². The topological polar surface area (TPSA) is 29.5 Å². The molecule has 2 aliphatic rings. The van der Waals surface area contributed by atoms with Crippen LogP contribution in [0.1, 0.15) is 19.3 Å². The third-order valence-corrected chi connectivity index (χ3v) is 4.19. The number of aliphatic hydroxyl groups excluding tert-OH is 1. The molecule has 0 amide bonds. The van der Waals surface area contributed by atoms with Crippen molar-refractivity contribution in [2.75, 3.05) is 12.9 Å². The third kappa shape index (κ3) is 1.25. The van der Waals surface area contributed by atoms with Gasteiger partial charge < -0.3 is 9.84 Å². The van der Waals surface area contributed by atoms with Gasteiger partial charge >= 0.3 is 0 Å². The zero-order valence-electron chi connectivity index (χ0n) is 7.25. The molecule has 0 aromatic heterocycles. The average Bonchev–Trinajstić information content (AvgIpc) is 2.71. The van der Waals surface area contributed by atoms with Crippen LogP contribution in [-0.4, -0.2) is 28.8 Å². The molecule has 0 aromatic carbocycles. The van der Waals surface area contributed by atoms with Gasteiger partial charge in [0.15, 0.2) is 0 Å². The number of rotatable bonds is 3. The zero-order chi connectivity index (χ0) is 8.60. The molecule has 1 fully saturated rings. The molecule has 1 aliphatic carbocycles.